The zero-order valence-corrected chi connectivity index (χ0v) is 20.7. The number of amides is 2. The Morgan fingerprint density at radius 2 is 1.72 bits per heavy atom. The Hall–Kier alpha value is -4.10. The summed E-state index contributed by atoms with van der Waals surface area (Å²) in [6.45, 7) is 2.48. The summed E-state index contributed by atoms with van der Waals surface area (Å²) in [5.41, 5.74) is 3.35. The molecule has 5 rings (SSSR count). The van der Waals surface area contributed by atoms with Gasteiger partial charge in [-0.25, -0.2) is 0 Å². The fourth-order valence-electron chi connectivity index (χ4n) is 4.17. The van der Waals surface area contributed by atoms with Crippen LogP contribution in [0.1, 0.15) is 27.6 Å². The molecule has 4 aromatic rings. The van der Waals surface area contributed by atoms with E-state index in [1.165, 1.54) is 11.3 Å². The Labute approximate surface area is 214 Å². The predicted molar refractivity (Wildman–Crippen MR) is 140 cm³/mol. The summed E-state index contributed by atoms with van der Waals surface area (Å²) in [6.07, 6.45) is 0.181. The molecule has 0 unspecified atom stereocenters. The minimum Gasteiger partial charge on any atom is -0.454 e. The van der Waals surface area contributed by atoms with Crippen molar-refractivity contribution < 1.29 is 19.1 Å². The third kappa shape index (κ3) is 5.26. The van der Waals surface area contributed by atoms with Crippen LogP contribution in [0.3, 0.4) is 0 Å². The highest BCUT2D eigenvalue weighted by molar-refractivity contribution is 7.10. The first-order valence-corrected chi connectivity index (χ1v) is 12.6. The van der Waals surface area contributed by atoms with Gasteiger partial charge in [-0.1, -0.05) is 66.2 Å². The van der Waals surface area contributed by atoms with Crippen LogP contribution in [0.5, 0.6) is 11.5 Å². The van der Waals surface area contributed by atoms with Gasteiger partial charge in [0.2, 0.25) is 18.6 Å². The summed E-state index contributed by atoms with van der Waals surface area (Å²) in [4.78, 5) is 30.2. The molecule has 0 bridgehead atoms. The van der Waals surface area contributed by atoms with Crippen molar-refractivity contribution in [1.29, 1.82) is 0 Å². The summed E-state index contributed by atoms with van der Waals surface area (Å²) in [5, 5.41) is 4.98. The summed E-state index contributed by atoms with van der Waals surface area (Å²) in [7, 11) is 0. The summed E-state index contributed by atoms with van der Waals surface area (Å²) < 4.78 is 11.1. The van der Waals surface area contributed by atoms with E-state index in [1.807, 2.05) is 79.0 Å². The molecule has 0 radical (unpaired) electrons. The van der Waals surface area contributed by atoms with Gasteiger partial charge < -0.3 is 14.8 Å². The molecule has 0 spiro atoms. The first-order chi connectivity index (χ1) is 17.6. The molecule has 2 amide bonds. The van der Waals surface area contributed by atoms with Crippen molar-refractivity contribution in [2.45, 2.75) is 25.9 Å². The first kappa shape index (κ1) is 23.6. The van der Waals surface area contributed by atoms with Crippen LogP contribution < -0.4 is 19.7 Å². The van der Waals surface area contributed by atoms with Crippen LogP contribution in [0.15, 0.2) is 90.3 Å². The Bertz CT molecular complexity index is 1340. The van der Waals surface area contributed by atoms with E-state index < -0.39 is 6.04 Å². The van der Waals surface area contributed by atoms with Crippen LogP contribution in [0.2, 0.25) is 0 Å². The molecular formula is C29H26N2O4S. The van der Waals surface area contributed by atoms with Crippen LogP contribution in [0.4, 0.5) is 5.69 Å². The molecular weight excluding hydrogens is 472 g/mol. The molecule has 1 atom stereocenters. The maximum Gasteiger partial charge on any atom is 0.248 e. The molecule has 3 aromatic carbocycles. The van der Waals surface area contributed by atoms with Crippen molar-refractivity contribution in [1.82, 2.24) is 5.32 Å². The molecule has 7 heteroatoms. The lowest BCUT2D eigenvalue weighted by atomic mass is 10.0. The molecule has 0 saturated heterocycles. The molecule has 182 valence electrons. The van der Waals surface area contributed by atoms with Gasteiger partial charge >= 0.3 is 0 Å². The summed E-state index contributed by atoms with van der Waals surface area (Å²) in [5.74, 6) is 0.718. The number of hydrogen-bond acceptors (Lipinski definition) is 5. The van der Waals surface area contributed by atoms with E-state index in [2.05, 4.69) is 5.32 Å². The van der Waals surface area contributed by atoms with E-state index in [0.29, 0.717) is 23.7 Å². The fraction of sp³-hybridized carbons (Fsp3) is 0.172. The molecule has 1 aromatic heterocycles. The number of thiophene rings is 1. The number of ether oxygens (including phenoxy) is 2. The predicted octanol–water partition coefficient (Wildman–Crippen LogP) is 5.42. The quantitative estimate of drug-likeness (QED) is 0.352. The molecule has 36 heavy (non-hydrogen) atoms. The fourth-order valence-corrected chi connectivity index (χ4v) is 4.86. The molecule has 0 fully saturated rings. The summed E-state index contributed by atoms with van der Waals surface area (Å²) in [6, 6.07) is 25.7. The number of carbonyl (C=O) groups is 2. The van der Waals surface area contributed by atoms with E-state index in [9.17, 15) is 9.59 Å². The SMILES string of the molecule is Cc1ccc([C@H](C(=O)NCc2ccccc2)N(C(=O)Cc2cccs2)c2ccc3c(c2)OCO3)cc1. The maximum atomic E-state index is 13.9. The number of hydrogen-bond donors (Lipinski definition) is 1. The van der Waals surface area contributed by atoms with Gasteiger partial charge in [-0.05, 0) is 41.6 Å². The zero-order chi connectivity index (χ0) is 24.9. The van der Waals surface area contributed by atoms with E-state index >= 15 is 0 Å². The minimum absolute atomic E-state index is 0.126. The minimum atomic E-state index is -0.873. The Morgan fingerprint density at radius 3 is 2.47 bits per heavy atom. The molecule has 1 aliphatic heterocycles. The van der Waals surface area contributed by atoms with Gasteiger partial charge in [0.25, 0.3) is 0 Å². The third-order valence-electron chi connectivity index (χ3n) is 6.02. The smallest absolute Gasteiger partial charge is 0.248 e. The lowest BCUT2D eigenvalue weighted by Crippen LogP contribution is -2.44. The number of carbonyl (C=O) groups excluding carboxylic acids is 2. The van der Waals surface area contributed by atoms with Crippen molar-refractivity contribution in [2.75, 3.05) is 11.7 Å². The van der Waals surface area contributed by atoms with Gasteiger partial charge in [0.15, 0.2) is 11.5 Å². The van der Waals surface area contributed by atoms with Crippen molar-refractivity contribution in [2.24, 2.45) is 0 Å². The highest BCUT2D eigenvalue weighted by Crippen LogP contribution is 2.38. The van der Waals surface area contributed by atoms with Crippen molar-refractivity contribution >= 4 is 28.8 Å². The Balaban J connectivity index is 1.54. The molecule has 2 heterocycles. The van der Waals surface area contributed by atoms with Gasteiger partial charge in [0, 0.05) is 23.2 Å². The van der Waals surface area contributed by atoms with Gasteiger partial charge in [-0.2, -0.15) is 0 Å². The van der Waals surface area contributed by atoms with E-state index in [4.69, 9.17) is 9.47 Å². The number of fused-ring (bicyclic) bond motifs is 1. The molecule has 0 aliphatic carbocycles. The lowest BCUT2D eigenvalue weighted by Gasteiger charge is -2.32. The number of rotatable bonds is 8. The third-order valence-corrected chi connectivity index (χ3v) is 6.89. The van der Waals surface area contributed by atoms with Crippen LogP contribution in [-0.2, 0) is 22.6 Å². The van der Waals surface area contributed by atoms with Crippen LogP contribution in [-0.4, -0.2) is 18.6 Å². The monoisotopic (exact) mass is 498 g/mol. The van der Waals surface area contributed by atoms with E-state index in [1.54, 1.807) is 23.1 Å². The number of nitrogens with one attached hydrogen (secondary N) is 1. The highest BCUT2D eigenvalue weighted by Gasteiger charge is 2.33. The molecule has 1 aliphatic rings. The zero-order valence-electron chi connectivity index (χ0n) is 19.8. The van der Waals surface area contributed by atoms with Crippen molar-refractivity contribution in [3.05, 3.63) is 112 Å². The first-order valence-electron chi connectivity index (χ1n) is 11.7. The highest BCUT2D eigenvalue weighted by atomic mass is 32.1. The van der Waals surface area contributed by atoms with Gasteiger partial charge in [0.1, 0.15) is 6.04 Å². The normalized spacial score (nSPS) is 12.7. The average Bonchev–Trinajstić information content (AvgIpc) is 3.58. The Kier molecular flexibility index (Phi) is 7.00. The van der Waals surface area contributed by atoms with Crippen molar-refractivity contribution in [3.63, 3.8) is 0 Å². The molecule has 0 saturated carbocycles. The lowest BCUT2D eigenvalue weighted by molar-refractivity contribution is -0.126. The van der Waals surface area contributed by atoms with Crippen LogP contribution in [0, 0.1) is 6.92 Å². The van der Waals surface area contributed by atoms with Crippen molar-refractivity contribution in [3.8, 4) is 11.5 Å². The van der Waals surface area contributed by atoms with Gasteiger partial charge in [-0.15, -0.1) is 11.3 Å². The average molecular weight is 499 g/mol. The van der Waals surface area contributed by atoms with Gasteiger partial charge in [0.05, 0.1) is 6.42 Å². The van der Waals surface area contributed by atoms with Gasteiger partial charge in [-0.3, -0.25) is 14.5 Å². The number of aryl methyl sites for hydroxylation is 1. The van der Waals surface area contributed by atoms with Crippen LogP contribution >= 0.6 is 11.3 Å². The second-order valence-electron chi connectivity index (χ2n) is 8.57. The van der Waals surface area contributed by atoms with E-state index in [-0.39, 0.29) is 25.0 Å². The summed E-state index contributed by atoms with van der Waals surface area (Å²) >= 11 is 1.52. The van der Waals surface area contributed by atoms with Crippen LogP contribution in [0.25, 0.3) is 0 Å². The molecule has 6 nitrogen and oxygen atoms in total. The maximum absolute atomic E-state index is 13.9. The van der Waals surface area contributed by atoms with E-state index in [0.717, 1.165) is 21.6 Å². The Morgan fingerprint density at radius 1 is 0.944 bits per heavy atom. The number of benzene rings is 3. The second kappa shape index (κ2) is 10.7. The standard InChI is InChI=1S/C29H26N2O4S/c1-20-9-11-22(12-10-20)28(29(33)30-18-21-6-3-2-4-7-21)31(27(32)17-24-8-5-15-36-24)23-13-14-25-26(16-23)35-19-34-25/h2-16,28H,17-19H2,1H3,(H,30,33)/t28-/m1/s1. The largest absolute Gasteiger partial charge is 0.454 e. The number of anilines is 1. The second-order valence-corrected chi connectivity index (χ2v) is 9.61. The number of nitrogens with zero attached hydrogens (tertiary/aromatic N) is 1. The topological polar surface area (TPSA) is 67.9 Å². The molecule has 1 N–H and O–H groups in total.